The van der Waals surface area contributed by atoms with E-state index in [9.17, 15) is 4.79 Å². The number of para-hydroxylation sites is 1. The third-order valence-electron chi connectivity index (χ3n) is 4.32. The number of nitrogen functional groups attached to an aromatic ring is 1. The van der Waals surface area contributed by atoms with Gasteiger partial charge in [0.2, 0.25) is 0 Å². The van der Waals surface area contributed by atoms with Crippen LogP contribution in [0.5, 0.6) is 5.75 Å². The van der Waals surface area contributed by atoms with Crippen molar-refractivity contribution >= 4 is 17.3 Å². The highest BCUT2D eigenvalue weighted by Crippen LogP contribution is 2.43. The summed E-state index contributed by atoms with van der Waals surface area (Å²) in [6, 6.07) is 5.41. The zero-order valence-corrected chi connectivity index (χ0v) is 13.1. The van der Waals surface area contributed by atoms with Gasteiger partial charge in [-0.1, -0.05) is 26.8 Å². The zero-order valence-electron chi connectivity index (χ0n) is 13.1. The lowest BCUT2D eigenvalue weighted by Crippen LogP contribution is -2.57. The Balaban J connectivity index is 2.52. The summed E-state index contributed by atoms with van der Waals surface area (Å²) in [5.74, 6) is 0.628. The molecule has 1 aliphatic rings. The van der Waals surface area contributed by atoms with Crippen LogP contribution in [0.4, 0.5) is 11.4 Å². The standard InChI is InChI=1S/C16H25N3O2/c1-4-11(17)10-19-14-12(18)8-7-9-13(14)21-16(5-2,6-3)15(19)20/h7-9,11H,4-6,10,17-18H2,1-3H3. The Morgan fingerprint density at radius 1 is 1.29 bits per heavy atom. The predicted octanol–water partition coefficient (Wildman–Crippen LogP) is 2.29. The molecule has 0 aliphatic carbocycles. The van der Waals surface area contributed by atoms with Crippen LogP contribution in [0.25, 0.3) is 0 Å². The fraction of sp³-hybridized carbons (Fsp3) is 0.562. The first-order chi connectivity index (χ1) is 9.99. The van der Waals surface area contributed by atoms with Crippen molar-refractivity contribution in [3.05, 3.63) is 18.2 Å². The molecular weight excluding hydrogens is 266 g/mol. The number of nitrogens with zero attached hydrogens (tertiary/aromatic N) is 1. The summed E-state index contributed by atoms with van der Waals surface area (Å²) in [5.41, 5.74) is 12.5. The highest BCUT2D eigenvalue weighted by atomic mass is 16.5. The molecule has 0 bridgehead atoms. The SMILES string of the molecule is CCC(N)CN1C(=O)C(CC)(CC)Oc2cccc(N)c21. The van der Waals surface area contributed by atoms with E-state index >= 15 is 0 Å². The summed E-state index contributed by atoms with van der Waals surface area (Å²) >= 11 is 0. The second-order valence-electron chi connectivity index (χ2n) is 5.58. The van der Waals surface area contributed by atoms with Gasteiger partial charge in [-0.05, 0) is 31.4 Å². The molecule has 5 nitrogen and oxygen atoms in total. The highest BCUT2D eigenvalue weighted by Gasteiger charge is 2.46. The van der Waals surface area contributed by atoms with Crippen molar-refractivity contribution in [2.75, 3.05) is 17.2 Å². The van der Waals surface area contributed by atoms with Crippen LogP contribution in [0, 0.1) is 0 Å². The molecule has 5 heteroatoms. The number of anilines is 2. The lowest BCUT2D eigenvalue weighted by molar-refractivity contribution is -0.136. The molecule has 4 N–H and O–H groups in total. The molecule has 0 radical (unpaired) electrons. The molecule has 1 atom stereocenters. The molecule has 1 unspecified atom stereocenters. The Bertz CT molecular complexity index is 526. The van der Waals surface area contributed by atoms with Crippen molar-refractivity contribution in [2.45, 2.75) is 51.7 Å². The monoisotopic (exact) mass is 291 g/mol. The first kappa shape index (κ1) is 15.6. The lowest BCUT2D eigenvalue weighted by atomic mass is 9.92. The number of benzene rings is 1. The van der Waals surface area contributed by atoms with Gasteiger partial charge in [-0.25, -0.2) is 0 Å². The minimum atomic E-state index is -0.811. The predicted molar refractivity (Wildman–Crippen MR) is 85.4 cm³/mol. The first-order valence-corrected chi connectivity index (χ1v) is 7.64. The highest BCUT2D eigenvalue weighted by molar-refractivity contribution is 6.05. The largest absolute Gasteiger partial charge is 0.475 e. The molecule has 1 aromatic rings. The van der Waals surface area contributed by atoms with E-state index in [0.29, 0.717) is 36.5 Å². The van der Waals surface area contributed by atoms with Crippen molar-refractivity contribution in [1.82, 2.24) is 0 Å². The number of nitrogens with two attached hydrogens (primary N) is 2. The van der Waals surface area contributed by atoms with E-state index in [-0.39, 0.29) is 11.9 Å². The Morgan fingerprint density at radius 2 is 1.95 bits per heavy atom. The minimum Gasteiger partial charge on any atom is -0.475 e. The maximum atomic E-state index is 13.0. The van der Waals surface area contributed by atoms with E-state index in [4.69, 9.17) is 16.2 Å². The van der Waals surface area contributed by atoms with Crippen LogP contribution in [-0.4, -0.2) is 24.1 Å². The summed E-state index contributed by atoms with van der Waals surface area (Å²) in [6.45, 7) is 6.41. The van der Waals surface area contributed by atoms with Crippen LogP contribution >= 0.6 is 0 Å². The molecule has 0 spiro atoms. The van der Waals surface area contributed by atoms with Crippen LogP contribution in [0.1, 0.15) is 40.0 Å². The number of hydrogen-bond acceptors (Lipinski definition) is 4. The van der Waals surface area contributed by atoms with Gasteiger partial charge in [-0.2, -0.15) is 0 Å². The molecule has 1 aromatic carbocycles. The molecule has 0 saturated heterocycles. The number of carbonyl (C=O) groups excluding carboxylic acids is 1. The Morgan fingerprint density at radius 3 is 2.52 bits per heavy atom. The summed E-state index contributed by atoms with van der Waals surface area (Å²) in [7, 11) is 0. The molecule has 1 aliphatic heterocycles. The summed E-state index contributed by atoms with van der Waals surface area (Å²) in [5, 5.41) is 0. The fourth-order valence-corrected chi connectivity index (χ4v) is 2.75. The molecule has 0 fully saturated rings. The van der Waals surface area contributed by atoms with Gasteiger partial charge in [0.15, 0.2) is 5.60 Å². The second kappa shape index (κ2) is 5.93. The average molecular weight is 291 g/mol. The molecule has 0 saturated carbocycles. The van der Waals surface area contributed by atoms with Crippen molar-refractivity contribution in [3.8, 4) is 5.75 Å². The molecular formula is C16H25N3O2. The van der Waals surface area contributed by atoms with Crippen LogP contribution in [0.15, 0.2) is 18.2 Å². The maximum Gasteiger partial charge on any atom is 0.271 e. The quantitative estimate of drug-likeness (QED) is 0.816. The summed E-state index contributed by atoms with van der Waals surface area (Å²) in [4.78, 5) is 14.7. The molecule has 21 heavy (non-hydrogen) atoms. The van der Waals surface area contributed by atoms with Gasteiger partial charge in [0, 0.05) is 12.6 Å². The van der Waals surface area contributed by atoms with Crippen molar-refractivity contribution in [1.29, 1.82) is 0 Å². The van der Waals surface area contributed by atoms with Crippen molar-refractivity contribution in [3.63, 3.8) is 0 Å². The van der Waals surface area contributed by atoms with Crippen LogP contribution in [0.3, 0.4) is 0 Å². The van der Waals surface area contributed by atoms with E-state index in [1.807, 2.05) is 32.9 Å². The van der Waals surface area contributed by atoms with Gasteiger partial charge in [0.1, 0.15) is 11.4 Å². The van der Waals surface area contributed by atoms with Gasteiger partial charge in [0.25, 0.3) is 5.91 Å². The Hall–Kier alpha value is -1.75. The van der Waals surface area contributed by atoms with Crippen LogP contribution in [-0.2, 0) is 4.79 Å². The second-order valence-corrected chi connectivity index (χ2v) is 5.58. The molecule has 1 amide bonds. The topological polar surface area (TPSA) is 81.6 Å². The number of amides is 1. The number of carbonyl (C=O) groups is 1. The van der Waals surface area contributed by atoms with Gasteiger partial charge >= 0.3 is 0 Å². The smallest absolute Gasteiger partial charge is 0.271 e. The first-order valence-electron chi connectivity index (χ1n) is 7.64. The number of fused-ring (bicyclic) bond motifs is 1. The number of ether oxygens (including phenoxy) is 1. The maximum absolute atomic E-state index is 13.0. The van der Waals surface area contributed by atoms with Gasteiger partial charge in [0.05, 0.1) is 5.69 Å². The van der Waals surface area contributed by atoms with Gasteiger partial charge in [-0.3, -0.25) is 4.79 Å². The van der Waals surface area contributed by atoms with E-state index in [1.165, 1.54) is 0 Å². The third-order valence-corrected chi connectivity index (χ3v) is 4.32. The fourth-order valence-electron chi connectivity index (χ4n) is 2.75. The third kappa shape index (κ3) is 2.58. The zero-order chi connectivity index (χ0) is 15.6. The normalized spacial score (nSPS) is 18.1. The average Bonchev–Trinajstić information content (AvgIpc) is 2.49. The molecule has 2 rings (SSSR count). The molecule has 0 aromatic heterocycles. The van der Waals surface area contributed by atoms with E-state index in [0.717, 1.165) is 6.42 Å². The van der Waals surface area contributed by atoms with Crippen LogP contribution < -0.4 is 21.1 Å². The van der Waals surface area contributed by atoms with Crippen LogP contribution in [0.2, 0.25) is 0 Å². The van der Waals surface area contributed by atoms with E-state index in [1.54, 1.807) is 11.0 Å². The minimum absolute atomic E-state index is 0.0400. The van der Waals surface area contributed by atoms with E-state index < -0.39 is 5.60 Å². The van der Waals surface area contributed by atoms with Gasteiger partial charge in [-0.15, -0.1) is 0 Å². The Labute approximate surface area is 126 Å². The van der Waals surface area contributed by atoms with E-state index in [2.05, 4.69) is 0 Å². The van der Waals surface area contributed by atoms with Gasteiger partial charge < -0.3 is 21.1 Å². The summed E-state index contributed by atoms with van der Waals surface area (Å²) in [6.07, 6.45) is 2.04. The summed E-state index contributed by atoms with van der Waals surface area (Å²) < 4.78 is 6.04. The Kier molecular flexibility index (Phi) is 4.42. The molecule has 116 valence electrons. The van der Waals surface area contributed by atoms with Crippen molar-refractivity contribution in [2.24, 2.45) is 5.73 Å². The number of rotatable bonds is 5. The number of hydrogen-bond donors (Lipinski definition) is 2. The lowest BCUT2D eigenvalue weighted by Gasteiger charge is -2.43. The van der Waals surface area contributed by atoms with Crippen molar-refractivity contribution < 1.29 is 9.53 Å². The molecule has 1 heterocycles.